The van der Waals surface area contributed by atoms with Crippen molar-refractivity contribution in [1.29, 1.82) is 0 Å². The number of hydrazine groups is 1. The molecular weight excluding hydrogens is 198 g/mol. The molecule has 1 aromatic rings. The molecule has 14 heavy (non-hydrogen) atoms. The summed E-state index contributed by atoms with van der Waals surface area (Å²) in [6.07, 6.45) is 5.99. The van der Waals surface area contributed by atoms with Crippen LogP contribution in [-0.2, 0) is 0 Å². The van der Waals surface area contributed by atoms with Crippen LogP contribution in [0.15, 0.2) is 24.5 Å². The SMILES string of the molecule is ClC[C@@H]1CCCN1Nc1cccnc1. The fourth-order valence-electron chi connectivity index (χ4n) is 1.74. The molecule has 0 aliphatic carbocycles. The van der Waals surface area contributed by atoms with E-state index in [2.05, 4.69) is 15.4 Å². The van der Waals surface area contributed by atoms with Gasteiger partial charge in [-0.1, -0.05) is 0 Å². The van der Waals surface area contributed by atoms with Crippen LogP contribution in [0.3, 0.4) is 0 Å². The van der Waals surface area contributed by atoms with Gasteiger partial charge >= 0.3 is 0 Å². The number of hydrogen-bond acceptors (Lipinski definition) is 3. The first-order valence-electron chi connectivity index (χ1n) is 4.89. The molecule has 1 saturated heterocycles. The zero-order chi connectivity index (χ0) is 9.80. The van der Waals surface area contributed by atoms with E-state index >= 15 is 0 Å². The quantitative estimate of drug-likeness (QED) is 0.777. The Morgan fingerprint density at radius 3 is 3.29 bits per heavy atom. The Hall–Kier alpha value is -0.800. The van der Waals surface area contributed by atoms with Crippen molar-refractivity contribution in [3.05, 3.63) is 24.5 Å². The largest absolute Gasteiger partial charge is 0.317 e. The summed E-state index contributed by atoms with van der Waals surface area (Å²) in [4.78, 5) is 4.06. The zero-order valence-electron chi connectivity index (χ0n) is 7.99. The van der Waals surface area contributed by atoms with Crippen molar-refractivity contribution in [2.45, 2.75) is 18.9 Å². The summed E-state index contributed by atoms with van der Waals surface area (Å²) in [5.41, 5.74) is 4.36. The average Bonchev–Trinajstić information content (AvgIpc) is 2.67. The van der Waals surface area contributed by atoms with Gasteiger partial charge in [-0.3, -0.25) is 4.98 Å². The highest BCUT2D eigenvalue weighted by molar-refractivity contribution is 6.18. The first kappa shape index (κ1) is 9.74. The number of nitrogens with zero attached hydrogens (tertiary/aromatic N) is 2. The Balaban J connectivity index is 1.97. The molecule has 1 aromatic heterocycles. The van der Waals surface area contributed by atoms with E-state index in [1.165, 1.54) is 12.8 Å². The number of pyridine rings is 1. The Bertz CT molecular complexity index is 278. The molecule has 3 nitrogen and oxygen atoms in total. The van der Waals surface area contributed by atoms with Crippen LogP contribution in [0, 0.1) is 0 Å². The predicted octanol–water partition coefficient (Wildman–Crippen LogP) is 2.11. The fraction of sp³-hybridized carbons (Fsp3) is 0.500. The van der Waals surface area contributed by atoms with E-state index in [0.29, 0.717) is 11.9 Å². The smallest absolute Gasteiger partial charge is 0.0673 e. The lowest BCUT2D eigenvalue weighted by atomic mass is 10.2. The van der Waals surface area contributed by atoms with Crippen LogP contribution in [0.4, 0.5) is 5.69 Å². The monoisotopic (exact) mass is 211 g/mol. The van der Waals surface area contributed by atoms with E-state index < -0.39 is 0 Å². The van der Waals surface area contributed by atoms with E-state index in [1.807, 2.05) is 18.3 Å². The lowest BCUT2D eigenvalue weighted by Crippen LogP contribution is -2.35. The Morgan fingerprint density at radius 1 is 1.64 bits per heavy atom. The van der Waals surface area contributed by atoms with Crippen LogP contribution in [0.5, 0.6) is 0 Å². The average molecular weight is 212 g/mol. The van der Waals surface area contributed by atoms with Crippen LogP contribution in [-0.4, -0.2) is 28.5 Å². The van der Waals surface area contributed by atoms with Gasteiger partial charge in [0, 0.05) is 24.7 Å². The summed E-state index contributed by atoms with van der Waals surface area (Å²) < 4.78 is 0. The molecule has 1 fully saturated rings. The van der Waals surface area contributed by atoms with Crippen LogP contribution >= 0.6 is 11.6 Å². The molecule has 76 valence electrons. The lowest BCUT2D eigenvalue weighted by molar-refractivity contribution is 0.328. The van der Waals surface area contributed by atoms with Crippen LogP contribution in [0.2, 0.25) is 0 Å². The molecular formula is C10H14ClN3. The highest BCUT2D eigenvalue weighted by Gasteiger charge is 2.23. The molecule has 0 amide bonds. The first-order chi connectivity index (χ1) is 6.90. The highest BCUT2D eigenvalue weighted by atomic mass is 35.5. The number of aromatic nitrogens is 1. The number of rotatable bonds is 3. The second kappa shape index (κ2) is 4.62. The van der Waals surface area contributed by atoms with Gasteiger partial charge in [0.15, 0.2) is 0 Å². The third-order valence-corrected chi connectivity index (χ3v) is 2.85. The van der Waals surface area contributed by atoms with Crippen molar-refractivity contribution in [2.75, 3.05) is 17.9 Å². The Labute approximate surface area is 89.1 Å². The van der Waals surface area contributed by atoms with Crippen molar-refractivity contribution in [2.24, 2.45) is 0 Å². The zero-order valence-corrected chi connectivity index (χ0v) is 8.74. The van der Waals surface area contributed by atoms with Gasteiger partial charge in [0.25, 0.3) is 0 Å². The van der Waals surface area contributed by atoms with Gasteiger partial charge in [-0.2, -0.15) is 0 Å². The Kier molecular flexibility index (Phi) is 3.22. The summed E-state index contributed by atoms with van der Waals surface area (Å²) in [7, 11) is 0. The van der Waals surface area contributed by atoms with E-state index in [0.717, 1.165) is 12.2 Å². The minimum Gasteiger partial charge on any atom is -0.317 e. The maximum Gasteiger partial charge on any atom is 0.0673 e. The van der Waals surface area contributed by atoms with Crippen LogP contribution in [0.25, 0.3) is 0 Å². The third kappa shape index (κ3) is 2.16. The maximum absolute atomic E-state index is 5.87. The van der Waals surface area contributed by atoms with Gasteiger partial charge in [-0.05, 0) is 25.0 Å². The number of nitrogens with one attached hydrogen (secondary N) is 1. The van der Waals surface area contributed by atoms with Crippen molar-refractivity contribution in [1.82, 2.24) is 9.99 Å². The number of alkyl halides is 1. The predicted molar refractivity (Wildman–Crippen MR) is 58.3 cm³/mol. The molecule has 0 bridgehead atoms. The molecule has 0 saturated carbocycles. The second-order valence-electron chi connectivity index (χ2n) is 3.50. The van der Waals surface area contributed by atoms with Crippen molar-refractivity contribution < 1.29 is 0 Å². The summed E-state index contributed by atoms with van der Waals surface area (Å²) in [6.45, 7) is 1.06. The lowest BCUT2D eigenvalue weighted by Gasteiger charge is -2.24. The molecule has 1 aliphatic heterocycles. The minimum atomic E-state index is 0.455. The summed E-state index contributed by atoms with van der Waals surface area (Å²) in [6, 6.07) is 4.39. The van der Waals surface area contributed by atoms with Gasteiger partial charge in [-0.15, -0.1) is 11.6 Å². The minimum absolute atomic E-state index is 0.455. The van der Waals surface area contributed by atoms with Crippen LogP contribution < -0.4 is 5.43 Å². The molecule has 1 atom stereocenters. The Morgan fingerprint density at radius 2 is 2.57 bits per heavy atom. The van der Waals surface area contributed by atoms with Gasteiger partial charge < -0.3 is 5.43 Å². The van der Waals surface area contributed by atoms with Crippen molar-refractivity contribution in [3.63, 3.8) is 0 Å². The van der Waals surface area contributed by atoms with E-state index in [1.54, 1.807) is 6.20 Å². The van der Waals surface area contributed by atoms with E-state index in [9.17, 15) is 0 Å². The molecule has 0 aromatic carbocycles. The molecule has 2 heterocycles. The molecule has 0 spiro atoms. The van der Waals surface area contributed by atoms with E-state index in [-0.39, 0.29) is 0 Å². The summed E-state index contributed by atoms with van der Waals surface area (Å²) in [5.74, 6) is 0.688. The molecule has 1 N–H and O–H groups in total. The molecule has 4 heteroatoms. The van der Waals surface area contributed by atoms with Gasteiger partial charge in [0.1, 0.15) is 0 Å². The normalized spacial score (nSPS) is 22.5. The third-order valence-electron chi connectivity index (χ3n) is 2.49. The standard InChI is InChI=1S/C10H14ClN3/c11-7-10-4-2-6-14(10)13-9-3-1-5-12-8-9/h1,3,5,8,10,13H,2,4,6-7H2/t10-/m0/s1. The number of halogens is 1. The maximum atomic E-state index is 5.87. The molecule has 0 unspecified atom stereocenters. The fourth-order valence-corrected chi connectivity index (χ4v) is 2.06. The second-order valence-corrected chi connectivity index (χ2v) is 3.81. The molecule has 2 rings (SSSR count). The van der Waals surface area contributed by atoms with Gasteiger partial charge in [-0.25, -0.2) is 5.01 Å². The van der Waals surface area contributed by atoms with Crippen molar-refractivity contribution >= 4 is 17.3 Å². The van der Waals surface area contributed by atoms with Gasteiger partial charge in [0.05, 0.1) is 11.9 Å². The summed E-state index contributed by atoms with van der Waals surface area (Å²) in [5, 5.41) is 2.20. The highest BCUT2D eigenvalue weighted by Crippen LogP contribution is 2.19. The van der Waals surface area contributed by atoms with Crippen LogP contribution in [0.1, 0.15) is 12.8 Å². The molecule has 0 radical (unpaired) electrons. The summed E-state index contributed by atoms with van der Waals surface area (Å²) >= 11 is 5.87. The first-order valence-corrected chi connectivity index (χ1v) is 5.43. The number of anilines is 1. The molecule has 1 aliphatic rings. The van der Waals surface area contributed by atoms with Gasteiger partial charge in [0.2, 0.25) is 0 Å². The van der Waals surface area contributed by atoms with E-state index in [4.69, 9.17) is 11.6 Å². The van der Waals surface area contributed by atoms with Crippen molar-refractivity contribution in [3.8, 4) is 0 Å². The topological polar surface area (TPSA) is 28.2 Å². The number of hydrogen-bond donors (Lipinski definition) is 1.